The number of rotatable bonds is 0. The molecule has 0 bridgehead atoms. The van der Waals surface area contributed by atoms with E-state index in [1.165, 1.54) is 11.8 Å². The second kappa shape index (κ2) is 6.68. The summed E-state index contributed by atoms with van der Waals surface area (Å²) in [6.45, 7) is 4.04. The largest absolute Gasteiger partial charge is 0.400 e. The Balaban J connectivity index is 0.000000921. The van der Waals surface area contributed by atoms with E-state index in [1.54, 1.807) is 7.05 Å². The maximum atomic E-state index is 7.00. The van der Waals surface area contributed by atoms with Crippen LogP contribution in [-0.4, -0.2) is 42.1 Å². The minimum absolute atomic E-state index is 0.158. The molecule has 0 saturated heterocycles. The van der Waals surface area contributed by atoms with Crippen molar-refractivity contribution in [2.75, 3.05) is 21.2 Å². The topological polar surface area (TPSA) is 66.2 Å². The molecule has 0 atom stereocenters. The SMILES string of the molecule is CN=C(NC)SC1=NOC(C)(C)C1.CO. The molecule has 0 aromatic rings. The van der Waals surface area contributed by atoms with Crippen molar-refractivity contribution in [1.82, 2.24) is 5.32 Å². The summed E-state index contributed by atoms with van der Waals surface area (Å²) in [6.07, 6.45) is 0.846. The quantitative estimate of drug-likeness (QED) is 0.485. The van der Waals surface area contributed by atoms with Crippen LogP contribution in [0.25, 0.3) is 0 Å². The molecule has 0 unspecified atom stereocenters. The van der Waals surface area contributed by atoms with Gasteiger partial charge in [-0.25, -0.2) is 0 Å². The van der Waals surface area contributed by atoms with Gasteiger partial charge in [-0.15, -0.1) is 0 Å². The van der Waals surface area contributed by atoms with Gasteiger partial charge in [0.05, 0.1) is 0 Å². The van der Waals surface area contributed by atoms with Crippen molar-refractivity contribution in [3.8, 4) is 0 Å². The number of aliphatic hydroxyl groups is 1. The fourth-order valence-corrected chi connectivity index (χ4v) is 1.89. The van der Waals surface area contributed by atoms with Crippen LogP contribution in [0.4, 0.5) is 0 Å². The number of oxime groups is 1. The molecule has 0 radical (unpaired) electrons. The first-order chi connectivity index (χ1) is 7.07. The molecule has 1 aliphatic rings. The summed E-state index contributed by atoms with van der Waals surface area (Å²) < 4.78 is 0. The van der Waals surface area contributed by atoms with Crippen LogP contribution in [0.3, 0.4) is 0 Å². The number of hydrogen-bond acceptors (Lipinski definition) is 5. The number of thioether (sulfide) groups is 1. The van der Waals surface area contributed by atoms with E-state index in [1.807, 2.05) is 20.9 Å². The highest BCUT2D eigenvalue weighted by Gasteiger charge is 2.29. The third-order valence-electron chi connectivity index (χ3n) is 1.60. The zero-order valence-electron chi connectivity index (χ0n) is 9.87. The van der Waals surface area contributed by atoms with E-state index < -0.39 is 0 Å². The molecule has 6 heteroatoms. The fraction of sp³-hybridized carbons (Fsp3) is 0.778. The molecular formula is C9H19N3O2S. The van der Waals surface area contributed by atoms with Gasteiger partial charge >= 0.3 is 0 Å². The van der Waals surface area contributed by atoms with Crippen LogP contribution in [0.5, 0.6) is 0 Å². The molecule has 0 aliphatic carbocycles. The summed E-state index contributed by atoms with van der Waals surface area (Å²) in [7, 11) is 4.59. The molecule has 0 fully saturated rings. The molecule has 0 saturated carbocycles. The summed E-state index contributed by atoms with van der Waals surface area (Å²) in [5.41, 5.74) is -0.158. The van der Waals surface area contributed by atoms with Crippen LogP contribution < -0.4 is 5.32 Å². The Bertz CT molecular complexity index is 252. The standard InChI is InChI=1S/C8H15N3OS.CH4O/c1-8(2)5-6(11-12-8)13-7(9-3)10-4;1-2/h5H2,1-4H3,(H,9,10);2H,1H3. The van der Waals surface area contributed by atoms with Gasteiger partial charge in [0.1, 0.15) is 10.6 Å². The lowest BCUT2D eigenvalue weighted by Crippen LogP contribution is -2.20. The van der Waals surface area contributed by atoms with E-state index in [9.17, 15) is 0 Å². The highest BCUT2D eigenvalue weighted by molar-refractivity contribution is 8.26. The first-order valence-electron chi connectivity index (χ1n) is 4.59. The minimum Gasteiger partial charge on any atom is -0.400 e. The molecule has 5 nitrogen and oxygen atoms in total. The maximum absolute atomic E-state index is 7.00. The van der Waals surface area contributed by atoms with E-state index >= 15 is 0 Å². The van der Waals surface area contributed by atoms with Gasteiger partial charge in [-0.1, -0.05) is 5.16 Å². The molecule has 0 amide bonds. The third-order valence-corrected chi connectivity index (χ3v) is 2.64. The van der Waals surface area contributed by atoms with Crippen LogP contribution >= 0.6 is 11.8 Å². The van der Waals surface area contributed by atoms with Gasteiger partial charge < -0.3 is 15.3 Å². The lowest BCUT2D eigenvalue weighted by Gasteiger charge is -2.13. The summed E-state index contributed by atoms with van der Waals surface area (Å²) in [6, 6.07) is 0. The number of aliphatic imine (C=N–C) groups is 1. The second-order valence-electron chi connectivity index (χ2n) is 3.39. The fourth-order valence-electron chi connectivity index (χ4n) is 0.978. The van der Waals surface area contributed by atoms with Crippen molar-refractivity contribution in [2.45, 2.75) is 25.9 Å². The number of nitrogens with one attached hydrogen (secondary N) is 1. The van der Waals surface area contributed by atoms with E-state index in [-0.39, 0.29) is 5.60 Å². The number of amidine groups is 1. The predicted octanol–water partition coefficient (Wildman–Crippen LogP) is 1.05. The zero-order chi connectivity index (χ0) is 11.9. The van der Waals surface area contributed by atoms with Crippen molar-refractivity contribution in [3.05, 3.63) is 0 Å². The minimum atomic E-state index is -0.158. The van der Waals surface area contributed by atoms with Crippen LogP contribution in [0.15, 0.2) is 10.1 Å². The Morgan fingerprint density at radius 1 is 1.60 bits per heavy atom. The summed E-state index contributed by atoms with van der Waals surface area (Å²) in [5.74, 6) is 0. The number of aliphatic hydroxyl groups excluding tert-OH is 1. The smallest absolute Gasteiger partial charge is 0.162 e. The molecule has 15 heavy (non-hydrogen) atoms. The van der Waals surface area contributed by atoms with Crippen LogP contribution in [-0.2, 0) is 4.84 Å². The molecule has 1 heterocycles. The van der Waals surface area contributed by atoms with Crippen molar-refractivity contribution in [3.63, 3.8) is 0 Å². The molecule has 0 aromatic heterocycles. The van der Waals surface area contributed by atoms with Crippen LogP contribution in [0.1, 0.15) is 20.3 Å². The molecule has 2 N–H and O–H groups in total. The second-order valence-corrected chi connectivity index (χ2v) is 4.46. The Morgan fingerprint density at radius 2 is 2.20 bits per heavy atom. The Morgan fingerprint density at radius 3 is 2.53 bits per heavy atom. The van der Waals surface area contributed by atoms with Crippen molar-refractivity contribution in [1.29, 1.82) is 0 Å². The van der Waals surface area contributed by atoms with Crippen molar-refractivity contribution >= 4 is 22.0 Å². The van der Waals surface area contributed by atoms with Gasteiger partial charge in [-0.05, 0) is 25.6 Å². The summed E-state index contributed by atoms with van der Waals surface area (Å²) in [4.78, 5) is 9.28. The van der Waals surface area contributed by atoms with Gasteiger partial charge in [0.25, 0.3) is 0 Å². The first-order valence-corrected chi connectivity index (χ1v) is 5.41. The molecule has 0 aromatic carbocycles. The average Bonchev–Trinajstić information content (AvgIpc) is 2.57. The van der Waals surface area contributed by atoms with E-state index in [2.05, 4.69) is 15.5 Å². The summed E-state index contributed by atoms with van der Waals surface area (Å²) in [5, 5.41) is 15.8. The Labute approximate surface area is 95.0 Å². The van der Waals surface area contributed by atoms with Crippen molar-refractivity contribution in [2.24, 2.45) is 10.1 Å². The predicted molar refractivity (Wildman–Crippen MR) is 65.4 cm³/mol. The first kappa shape index (κ1) is 14.2. The molecule has 0 spiro atoms. The lowest BCUT2D eigenvalue weighted by molar-refractivity contribution is 0.0123. The normalized spacial score (nSPS) is 18.5. The van der Waals surface area contributed by atoms with Gasteiger partial charge in [0.2, 0.25) is 0 Å². The Kier molecular flexibility index (Phi) is 6.35. The maximum Gasteiger partial charge on any atom is 0.162 e. The molecule has 1 rings (SSSR count). The highest BCUT2D eigenvalue weighted by atomic mass is 32.2. The number of hydrogen-bond donors (Lipinski definition) is 2. The van der Waals surface area contributed by atoms with Crippen LogP contribution in [0.2, 0.25) is 0 Å². The van der Waals surface area contributed by atoms with E-state index in [0.29, 0.717) is 0 Å². The van der Waals surface area contributed by atoms with E-state index in [0.717, 1.165) is 23.7 Å². The van der Waals surface area contributed by atoms with Crippen molar-refractivity contribution < 1.29 is 9.94 Å². The Hall–Kier alpha value is -0.750. The zero-order valence-corrected chi connectivity index (χ0v) is 10.7. The van der Waals surface area contributed by atoms with Gasteiger partial charge in [0.15, 0.2) is 5.17 Å². The molecule has 1 aliphatic heterocycles. The van der Waals surface area contributed by atoms with Gasteiger partial charge in [0, 0.05) is 27.6 Å². The highest BCUT2D eigenvalue weighted by Crippen LogP contribution is 2.27. The average molecular weight is 233 g/mol. The monoisotopic (exact) mass is 233 g/mol. The van der Waals surface area contributed by atoms with Gasteiger partial charge in [-0.3, -0.25) is 4.99 Å². The lowest BCUT2D eigenvalue weighted by atomic mass is 10.1. The number of nitrogens with zero attached hydrogens (tertiary/aromatic N) is 2. The van der Waals surface area contributed by atoms with Crippen LogP contribution in [0, 0.1) is 0 Å². The summed E-state index contributed by atoms with van der Waals surface area (Å²) >= 11 is 1.52. The molecular weight excluding hydrogens is 214 g/mol. The molecule has 88 valence electrons. The van der Waals surface area contributed by atoms with E-state index in [4.69, 9.17) is 9.94 Å². The third kappa shape index (κ3) is 5.03. The van der Waals surface area contributed by atoms with Gasteiger partial charge in [-0.2, -0.15) is 0 Å².